The average molecular weight is 239 g/mol. The SMILES string of the molecule is O=[N+]([O-])Cc1ccccc1/C=C/c1ccccc1. The molecule has 0 amide bonds. The van der Waals surface area contributed by atoms with Crippen LogP contribution in [0, 0.1) is 10.1 Å². The quantitative estimate of drug-likeness (QED) is 0.464. The Morgan fingerprint density at radius 3 is 2.33 bits per heavy atom. The molecule has 2 aromatic rings. The fraction of sp³-hybridized carbons (Fsp3) is 0.0667. The molecule has 0 spiro atoms. The normalized spacial score (nSPS) is 10.7. The van der Waals surface area contributed by atoms with Gasteiger partial charge in [0, 0.05) is 10.5 Å². The van der Waals surface area contributed by atoms with E-state index in [0.29, 0.717) is 0 Å². The van der Waals surface area contributed by atoms with Crippen molar-refractivity contribution < 1.29 is 4.92 Å². The van der Waals surface area contributed by atoms with Gasteiger partial charge in [0.2, 0.25) is 6.54 Å². The smallest absolute Gasteiger partial charge is 0.229 e. The molecule has 0 aliphatic carbocycles. The minimum atomic E-state index is -0.310. The van der Waals surface area contributed by atoms with Gasteiger partial charge < -0.3 is 0 Å². The molecule has 0 fully saturated rings. The van der Waals surface area contributed by atoms with E-state index < -0.39 is 0 Å². The summed E-state index contributed by atoms with van der Waals surface area (Å²) >= 11 is 0. The van der Waals surface area contributed by atoms with E-state index in [1.54, 1.807) is 6.07 Å². The van der Waals surface area contributed by atoms with Crippen molar-refractivity contribution in [3.8, 4) is 0 Å². The van der Waals surface area contributed by atoms with Crippen molar-refractivity contribution in [1.29, 1.82) is 0 Å². The predicted octanol–water partition coefficient (Wildman–Crippen LogP) is 3.63. The van der Waals surface area contributed by atoms with Gasteiger partial charge in [0.25, 0.3) is 0 Å². The zero-order valence-electron chi connectivity index (χ0n) is 9.82. The fourth-order valence-electron chi connectivity index (χ4n) is 1.73. The number of nitrogens with zero attached hydrogens (tertiary/aromatic N) is 1. The summed E-state index contributed by atoms with van der Waals surface area (Å²) in [4.78, 5) is 10.3. The minimum Gasteiger partial charge on any atom is -0.264 e. The summed E-state index contributed by atoms with van der Waals surface area (Å²) < 4.78 is 0. The van der Waals surface area contributed by atoms with Gasteiger partial charge in [-0.1, -0.05) is 66.7 Å². The number of rotatable bonds is 4. The summed E-state index contributed by atoms with van der Waals surface area (Å²) in [6.45, 7) is -0.144. The van der Waals surface area contributed by atoms with E-state index in [0.717, 1.165) is 16.7 Å². The molecule has 0 aliphatic rings. The third-order valence-electron chi connectivity index (χ3n) is 2.61. The third-order valence-corrected chi connectivity index (χ3v) is 2.61. The highest BCUT2D eigenvalue weighted by atomic mass is 16.6. The lowest BCUT2D eigenvalue weighted by Gasteiger charge is -2.01. The number of nitro groups is 1. The van der Waals surface area contributed by atoms with Crippen molar-refractivity contribution >= 4 is 12.2 Å². The number of benzene rings is 2. The molecule has 2 rings (SSSR count). The Hall–Kier alpha value is -2.42. The first kappa shape index (κ1) is 12.0. The highest BCUT2D eigenvalue weighted by Crippen LogP contribution is 2.14. The maximum Gasteiger partial charge on any atom is 0.229 e. The van der Waals surface area contributed by atoms with Crippen molar-refractivity contribution in [1.82, 2.24) is 0 Å². The Morgan fingerprint density at radius 2 is 1.61 bits per heavy atom. The molecule has 0 saturated carbocycles. The maximum absolute atomic E-state index is 10.6. The summed E-state index contributed by atoms with van der Waals surface area (Å²) in [7, 11) is 0. The van der Waals surface area contributed by atoms with Crippen LogP contribution in [-0.2, 0) is 6.54 Å². The highest BCUT2D eigenvalue weighted by Gasteiger charge is 2.04. The average Bonchev–Trinajstić information content (AvgIpc) is 2.38. The van der Waals surface area contributed by atoms with Crippen molar-refractivity contribution in [2.24, 2.45) is 0 Å². The molecule has 0 unspecified atom stereocenters. The molecule has 0 aliphatic heterocycles. The van der Waals surface area contributed by atoms with Gasteiger partial charge >= 0.3 is 0 Å². The van der Waals surface area contributed by atoms with Crippen LogP contribution in [0.4, 0.5) is 0 Å². The second kappa shape index (κ2) is 5.77. The van der Waals surface area contributed by atoms with Gasteiger partial charge in [0.1, 0.15) is 0 Å². The van der Waals surface area contributed by atoms with Crippen LogP contribution in [-0.4, -0.2) is 4.92 Å². The largest absolute Gasteiger partial charge is 0.264 e. The Balaban J connectivity index is 2.23. The van der Waals surface area contributed by atoms with Crippen LogP contribution in [0.15, 0.2) is 54.6 Å². The summed E-state index contributed by atoms with van der Waals surface area (Å²) in [5.74, 6) is 0. The summed E-state index contributed by atoms with van der Waals surface area (Å²) in [5, 5.41) is 10.6. The van der Waals surface area contributed by atoms with Crippen LogP contribution in [0.2, 0.25) is 0 Å². The zero-order chi connectivity index (χ0) is 12.8. The molecule has 3 nitrogen and oxygen atoms in total. The van der Waals surface area contributed by atoms with Crippen molar-refractivity contribution in [3.63, 3.8) is 0 Å². The minimum absolute atomic E-state index is 0.144. The molecule has 0 saturated heterocycles. The third kappa shape index (κ3) is 3.28. The lowest BCUT2D eigenvalue weighted by atomic mass is 10.1. The van der Waals surface area contributed by atoms with E-state index in [4.69, 9.17) is 0 Å². The lowest BCUT2D eigenvalue weighted by Crippen LogP contribution is -1.99. The van der Waals surface area contributed by atoms with E-state index in [1.807, 2.05) is 60.7 Å². The number of hydrogen-bond donors (Lipinski definition) is 0. The molecule has 90 valence electrons. The van der Waals surface area contributed by atoms with Gasteiger partial charge in [-0.25, -0.2) is 0 Å². The molecular weight excluding hydrogens is 226 g/mol. The highest BCUT2D eigenvalue weighted by molar-refractivity contribution is 5.70. The molecule has 0 aromatic heterocycles. The predicted molar refractivity (Wildman–Crippen MR) is 72.5 cm³/mol. The first-order valence-corrected chi connectivity index (χ1v) is 5.68. The van der Waals surface area contributed by atoms with Gasteiger partial charge in [0.05, 0.1) is 0 Å². The van der Waals surface area contributed by atoms with Gasteiger partial charge in [-0.15, -0.1) is 0 Å². The van der Waals surface area contributed by atoms with Crippen LogP contribution >= 0.6 is 0 Å². The Bertz CT molecular complexity index is 562. The second-order valence-corrected chi connectivity index (χ2v) is 3.93. The summed E-state index contributed by atoms with van der Waals surface area (Å²) in [6.07, 6.45) is 3.87. The first-order chi connectivity index (χ1) is 8.75. The molecule has 0 atom stereocenters. The molecule has 3 heteroatoms. The number of hydrogen-bond acceptors (Lipinski definition) is 2. The van der Waals surface area contributed by atoms with Crippen molar-refractivity contribution in [3.05, 3.63) is 81.4 Å². The van der Waals surface area contributed by atoms with E-state index in [1.165, 1.54) is 0 Å². The Labute approximate surface area is 106 Å². The van der Waals surface area contributed by atoms with Crippen LogP contribution in [0.3, 0.4) is 0 Å². The molecule has 0 radical (unpaired) electrons. The standard InChI is InChI=1S/C15H13NO2/c17-16(18)12-15-9-5-4-8-14(15)11-10-13-6-2-1-3-7-13/h1-11H,12H2/b11-10+. The molecule has 0 bridgehead atoms. The lowest BCUT2D eigenvalue weighted by molar-refractivity contribution is -0.496. The Kier molecular flexibility index (Phi) is 3.86. The Morgan fingerprint density at radius 1 is 0.944 bits per heavy atom. The zero-order valence-corrected chi connectivity index (χ0v) is 9.82. The van der Waals surface area contributed by atoms with E-state index >= 15 is 0 Å². The topological polar surface area (TPSA) is 43.1 Å². The van der Waals surface area contributed by atoms with Crippen LogP contribution in [0.25, 0.3) is 12.2 Å². The van der Waals surface area contributed by atoms with E-state index in [2.05, 4.69) is 0 Å². The van der Waals surface area contributed by atoms with Crippen LogP contribution in [0.1, 0.15) is 16.7 Å². The fourth-order valence-corrected chi connectivity index (χ4v) is 1.73. The van der Waals surface area contributed by atoms with E-state index in [9.17, 15) is 10.1 Å². The maximum atomic E-state index is 10.6. The molecule has 2 aromatic carbocycles. The molecule has 0 N–H and O–H groups in total. The van der Waals surface area contributed by atoms with Crippen LogP contribution < -0.4 is 0 Å². The van der Waals surface area contributed by atoms with Gasteiger partial charge in [0.15, 0.2) is 0 Å². The molecular formula is C15H13NO2. The second-order valence-electron chi connectivity index (χ2n) is 3.93. The van der Waals surface area contributed by atoms with Crippen molar-refractivity contribution in [2.75, 3.05) is 0 Å². The monoisotopic (exact) mass is 239 g/mol. The van der Waals surface area contributed by atoms with E-state index in [-0.39, 0.29) is 11.5 Å². The first-order valence-electron chi connectivity index (χ1n) is 5.68. The van der Waals surface area contributed by atoms with Gasteiger partial charge in [-0.2, -0.15) is 0 Å². The summed E-state index contributed by atoms with van der Waals surface area (Å²) in [5.41, 5.74) is 2.70. The van der Waals surface area contributed by atoms with Gasteiger partial charge in [-0.05, 0) is 11.1 Å². The van der Waals surface area contributed by atoms with Crippen molar-refractivity contribution in [2.45, 2.75) is 6.54 Å². The van der Waals surface area contributed by atoms with Gasteiger partial charge in [-0.3, -0.25) is 10.1 Å². The van der Waals surface area contributed by atoms with Crippen LogP contribution in [0.5, 0.6) is 0 Å². The summed E-state index contributed by atoms with van der Waals surface area (Å²) in [6, 6.07) is 17.2. The molecule has 0 heterocycles. The molecule has 18 heavy (non-hydrogen) atoms.